The Labute approximate surface area is 169 Å². The fourth-order valence-corrected chi connectivity index (χ4v) is 3.80. The van der Waals surface area contributed by atoms with Gasteiger partial charge in [-0.2, -0.15) is 0 Å². The average molecular weight is 414 g/mol. The zero-order valence-corrected chi connectivity index (χ0v) is 16.5. The Hall–Kier alpha value is -2.84. The Bertz CT molecular complexity index is 959. The lowest BCUT2D eigenvalue weighted by Gasteiger charge is -2.27. The number of hydrogen-bond donors (Lipinski definition) is 0. The second-order valence-corrected chi connectivity index (χ2v) is 7.24. The van der Waals surface area contributed by atoms with Crippen LogP contribution in [0.25, 0.3) is 11.1 Å². The summed E-state index contributed by atoms with van der Waals surface area (Å²) in [6.07, 6.45) is 0. The normalized spacial score (nSPS) is 10.6. The van der Waals surface area contributed by atoms with Crippen LogP contribution >= 0.6 is 15.9 Å². The number of halogens is 1. The highest BCUT2D eigenvalue weighted by molar-refractivity contribution is 9.10. The van der Waals surface area contributed by atoms with Crippen LogP contribution in [0.4, 0.5) is 11.4 Å². The molecule has 1 nitrogen and oxygen atoms in total. The van der Waals surface area contributed by atoms with Crippen LogP contribution in [0.1, 0.15) is 5.56 Å². The molecule has 4 rings (SSSR count). The van der Waals surface area contributed by atoms with E-state index in [4.69, 9.17) is 0 Å². The van der Waals surface area contributed by atoms with E-state index < -0.39 is 0 Å². The molecule has 0 aliphatic rings. The molecule has 27 heavy (non-hydrogen) atoms. The number of nitrogens with zero attached hydrogens (tertiary/aromatic N) is 1. The van der Waals surface area contributed by atoms with Gasteiger partial charge in [0, 0.05) is 22.4 Å². The number of rotatable bonds is 5. The van der Waals surface area contributed by atoms with E-state index in [9.17, 15) is 0 Å². The predicted molar refractivity (Wildman–Crippen MR) is 118 cm³/mol. The van der Waals surface area contributed by atoms with Crippen LogP contribution < -0.4 is 4.90 Å². The van der Waals surface area contributed by atoms with Crippen LogP contribution in [-0.2, 0) is 6.54 Å². The summed E-state index contributed by atoms with van der Waals surface area (Å²) < 4.78 is 1.13. The molecule has 0 radical (unpaired) electrons. The van der Waals surface area contributed by atoms with Gasteiger partial charge in [-0.1, -0.05) is 94.8 Å². The van der Waals surface area contributed by atoms with Gasteiger partial charge in [0.25, 0.3) is 0 Å². The lowest BCUT2D eigenvalue weighted by atomic mass is 9.99. The van der Waals surface area contributed by atoms with Crippen molar-refractivity contribution in [1.29, 1.82) is 0 Å². The highest BCUT2D eigenvalue weighted by atomic mass is 79.9. The molecule has 132 valence electrons. The minimum atomic E-state index is 0.777. The number of para-hydroxylation sites is 2. The molecule has 0 atom stereocenters. The third kappa shape index (κ3) is 3.96. The molecule has 0 bridgehead atoms. The lowest BCUT2D eigenvalue weighted by molar-refractivity contribution is 0.971. The van der Waals surface area contributed by atoms with Crippen LogP contribution in [0, 0.1) is 0 Å². The van der Waals surface area contributed by atoms with E-state index in [-0.39, 0.29) is 0 Å². The zero-order chi connectivity index (χ0) is 18.5. The van der Waals surface area contributed by atoms with Crippen LogP contribution in [-0.4, -0.2) is 0 Å². The maximum Gasteiger partial charge on any atom is 0.0499 e. The summed E-state index contributed by atoms with van der Waals surface area (Å²) in [6, 6.07) is 38.1. The largest absolute Gasteiger partial charge is 0.337 e. The third-order valence-corrected chi connectivity index (χ3v) is 5.40. The van der Waals surface area contributed by atoms with Crippen molar-refractivity contribution in [3.05, 3.63) is 119 Å². The van der Waals surface area contributed by atoms with E-state index in [0.717, 1.165) is 11.0 Å². The van der Waals surface area contributed by atoms with Crippen LogP contribution in [0.5, 0.6) is 0 Å². The molecule has 0 heterocycles. The SMILES string of the molecule is Brc1cccc(-c2ccccc2)c1CN(c1ccccc1)c1ccccc1. The van der Waals surface area contributed by atoms with Crippen molar-refractivity contribution in [2.45, 2.75) is 6.54 Å². The molecule has 0 aliphatic heterocycles. The molecule has 0 aromatic heterocycles. The summed E-state index contributed by atoms with van der Waals surface area (Å²) in [5.41, 5.74) is 6.12. The van der Waals surface area contributed by atoms with Gasteiger partial charge in [0.1, 0.15) is 0 Å². The topological polar surface area (TPSA) is 3.24 Å². The van der Waals surface area contributed by atoms with E-state index in [1.807, 2.05) is 0 Å². The lowest BCUT2D eigenvalue weighted by Crippen LogP contribution is -2.17. The standard InChI is InChI=1S/C25H20BrN/c26-25-18-10-17-23(20-11-4-1-5-12-20)24(25)19-27(21-13-6-2-7-14-21)22-15-8-3-9-16-22/h1-18H,19H2. The molecule has 0 saturated carbocycles. The first kappa shape index (κ1) is 17.6. The second-order valence-electron chi connectivity index (χ2n) is 6.39. The van der Waals surface area contributed by atoms with Gasteiger partial charge in [-0.05, 0) is 47.0 Å². The van der Waals surface area contributed by atoms with Crippen LogP contribution in [0.2, 0.25) is 0 Å². The predicted octanol–water partition coefficient (Wildman–Crippen LogP) is 7.45. The smallest absolute Gasteiger partial charge is 0.0499 e. The van der Waals surface area contributed by atoms with E-state index in [2.05, 4.69) is 130 Å². The molecule has 0 N–H and O–H groups in total. The molecule has 0 spiro atoms. The maximum absolute atomic E-state index is 3.79. The number of benzene rings is 4. The molecule has 0 saturated heterocycles. The fraction of sp³-hybridized carbons (Fsp3) is 0.0400. The minimum absolute atomic E-state index is 0.777. The van der Waals surface area contributed by atoms with Crippen molar-refractivity contribution >= 4 is 27.3 Å². The quantitative estimate of drug-likeness (QED) is 0.328. The molecule has 4 aromatic rings. The molecule has 0 unspecified atom stereocenters. The van der Waals surface area contributed by atoms with Gasteiger partial charge in [0.15, 0.2) is 0 Å². The third-order valence-electron chi connectivity index (χ3n) is 4.66. The van der Waals surface area contributed by atoms with Crippen LogP contribution in [0.15, 0.2) is 114 Å². The number of anilines is 2. The Balaban J connectivity index is 1.81. The Morgan fingerprint density at radius 3 is 1.63 bits per heavy atom. The van der Waals surface area contributed by atoms with Gasteiger partial charge >= 0.3 is 0 Å². The van der Waals surface area contributed by atoms with Crippen molar-refractivity contribution in [2.24, 2.45) is 0 Å². The van der Waals surface area contributed by atoms with Gasteiger partial charge in [-0.25, -0.2) is 0 Å². The summed E-state index contributed by atoms with van der Waals surface area (Å²) in [6.45, 7) is 0.777. The van der Waals surface area contributed by atoms with Crippen molar-refractivity contribution in [1.82, 2.24) is 0 Å². The first-order chi connectivity index (χ1) is 13.3. The highest BCUT2D eigenvalue weighted by Crippen LogP contribution is 2.34. The van der Waals surface area contributed by atoms with Crippen molar-refractivity contribution < 1.29 is 0 Å². The summed E-state index contributed by atoms with van der Waals surface area (Å²) in [5.74, 6) is 0. The first-order valence-electron chi connectivity index (χ1n) is 9.03. The van der Waals surface area contributed by atoms with Gasteiger partial charge in [0.05, 0.1) is 0 Å². The van der Waals surface area contributed by atoms with Gasteiger partial charge < -0.3 is 4.90 Å². The first-order valence-corrected chi connectivity index (χ1v) is 9.83. The van der Waals surface area contributed by atoms with E-state index in [1.54, 1.807) is 0 Å². The van der Waals surface area contributed by atoms with Gasteiger partial charge in [0.2, 0.25) is 0 Å². The second kappa shape index (κ2) is 8.24. The fourth-order valence-electron chi connectivity index (χ4n) is 3.31. The Kier molecular flexibility index (Phi) is 5.36. The molecule has 4 aromatic carbocycles. The summed E-state index contributed by atoms with van der Waals surface area (Å²) in [5, 5.41) is 0. The molecule has 0 aliphatic carbocycles. The minimum Gasteiger partial charge on any atom is -0.337 e. The van der Waals surface area contributed by atoms with E-state index in [1.165, 1.54) is 28.1 Å². The highest BCUT2D eigenvalue weighted by Gasteiger charge is 2.15. The van der Waals surface area contributed by atoms with Crippen molar-refractivity contribution in [2.75, 3.05) is 4.90 Å². The maximum atomic E-state index is 3.79. The van der Waals surface area contributed by atoms with Crippen molar-refractivity contribution in [3.63, 3.8) is 0 Å². The summed E-state index contributed by atoms with van der Waals surface area (Å²) in [7, 11) is 0. The molecular formula is C25H20BrN. The summed E-state index contributed by atoms with van der Waals surface area (Å²) >= 11 is 3.79. The Morgan fingerprint density at radius 2 is 1.07 bits per heavy atom. The number of hydrogen-bond acceptors (Lipinski definition) is 1. The average Bonchev–Trinajstić information content (AvgIpc) is 2.74. The Morgan fingerprint density at radius 1 is 0.556 bits per heavy atom. The summed E-state index contributed by atoms with van der Waals surface area (Å²) in [4.78, 5) is 2.35. The molecule has 0 amide bonds. The molecular weight excluding hydrogens is 394 g/mol. The molecule has 0 fully saturated rings. The van der Waals surface area contributed by atoms with Gasteiger partial charge in [-0.15, -0.1) is 0 Å². The molecule has 2 heteroatoms. The zero-order valence-electron chi connectivity index (χ0n) is 14.9. The monoisotopic (exact) mass is 413 g/mol. The van der Waals surface area contributed by atoms with E-state index in [0.29, 0.717) is 0 Å². The van der Waals surface area contributed by atoms with Crippen LogP contribution in [0.3, 0.4) is 0 Å². The van der Waals surface area contributed by atoms with E-state index >= 15 is 0 Å². The van der Waals surface area contributed by atoms with Crippen molar-refractivity contribution in [3.8, 4) is 11.1 Å². The van der Waals surface area contributed by atoms with Gasteiger partial charge in [-0.3, -0.25) is 0 Å².